The lowest BCUT2D eigenvalue weighted by Gasteiger charge is -2.12. The molecule has 0 radical (unpaired) electrons. The normalized spacial score (nSPS) is 10.6. The van der Waals surface area contributed by atoms with Crippen molar-refractivity contribution in [2.45, 2.75) is 13.8 Å². The summed E-state index contributed by atoms with van der Waals surface area (Å²) in [6, 6.07) is 21.3. The molecule has 2 N–H and O–H groups in total. The first-order chi connectivity index (χ1) is 13.6. The Balaban J connectivity index is 1.51. The third-order valence-electron chi connectivity index (χ3n) is 4.32. The van der Waals surface area contributed by atoms with Gasteiger partial charge in [-0.1, -0.05) is 18.2 Å². The zero-order valence-corrected chi connectivity index (χ0v) is 16.5. The number of rotatable bonds is 5. The second-order valence-electron chi connectivity index (χ2n) is 6.49. The minimum Gasteiger partial charge on any atom is -0.457 e. The Morgan fingerprint density at radius 3 is 1.82 bits per heavy atom. The Morgan fingerprint density at radius 2 is 1.29 bits per heavy atom. The molecule has 0 bridgehead atoms. The molecule has 4 rings (SSSR count). The Bertz CT molecular complexity index is 1070. The molecule has 0 fully saturated rings. The van der Waals surface area contributed by atoms with Gasteiger partial charge in [-0.3, -0.25) is 0 Å². The van der Waals surface area contributed by atoms with E-state index >= 15 is 0 Å². The number of hydrogen-bond donors (Lipinski definition) is 1. The monoisotopic (exact) mass is 388 g/mol. The molecule has 1 aromatic heterocycles. The smallest absolute Gasteiger partial charge is 0.180 e. The van der Waals surface area contributed by atoms with E-state index in [0.29, 0.717) is 5.13 Å². The maximum absolute atomic E-state index is 6.04. The molecule has 3 aromatic carbocycles. The quantitative estimate of drug-likeness (QED) is 0.419. The van der Waals surface area contributed by atoms with Gasteiger partial charge in [-0.2, -0.15) is 0 Å². The molecule has 0 spiro atoms. The summed E-state index contributed by atoms with van der Waals surface area (Å²) >= 11 is 1.45. The lowest BCUT2D eigenvalue weighted by atomic mass is 10.0. The van der Waals surface area contributed by atoms with Crippen molar-refractivity contribution in [2.75, 3.05) is 5.73 Å². The van der Waals surface area contributed by atoms with Gasteiger partial charge in [0, 0.05) is 10.9 Å². The average Bonchev–Trinajstić information content (AvgIpc) is 3.09. The van der Waals surface area contributed by atoms with Gasteiger partial charge in [-0.15, -0.1) is 11.3 Å². The first-order valence-electron chi connectivity index (χ1n) is 8.92. The number of para-hydroxylation sites is 1. The molecular weight excluding hydrogens is 368 g/mol. The predicted molar refractivity (Wildman–Crippen MR) is 114 cm³/mol. The molecule has 0 saturated carbocycles. The molecule has 4 nitrogen and oxygen atoms in total. The molecule has 0 aliphatic carbocycles. The van der Waals surface area contributed by atoms with E-state index in [9.17, 15) is 0 Å². The van der Waals surface area contributed by atoms with Crippen LogP contribution in [0.25, 0.3) is 11.3 Å². The summed E-state index contributed by atoms with van der Waals surface area (Å²) in [5.74, 6) is 3.12. The molecule has 1 heterocycles. The lowest BCUT2D eigenvalue weighted by molar-refractivity contribution is 0.469. The fourth-order valence-electron chi connectivity index (χ4n) is 3.13. The number of thiazole rings is 1. The van der Waals surface area contributed by atoms with Crippen molar-refractivity contribution in [1.82, 2.24) is 4.98 Å². The number of ether oxygens (including phenoxy) is 2. The molecule has 0 atom stereocenters. The molecule has 28 heavy (non-hydrogen) atoms. The number of anilines is 1. The van der Waals surface area contributed by atoms with Gasteiger partial charge in [0.25, 0.3) is 0 Å². The van der Waals surface area contributed by atoms with Crippen LogP contribution in [-0.4, -0.2) is 4.98 Å². The van der Waals surface area contributed by atoms with E-state index in [1.165, 1.54) is 11.3 Å². The molecule has 0 aliphatic rings. The summed E-state index contributed by atoms with van der Waals surface area (Å²) in [7, 11) is 0. The van der Waals surface area contributed by atoms with Gasteiger partial charge >= 0.3 is 0 Å². The predicted octanol–water partition coefficient (Wildman–Crippen LogP) is 6.59. The molecule has 4 aromatic rings. The summed E-state index contributed by atoms with van der Waals surface area (Å²) in [6.45, 7) is 4.11. The minimum atomic E-state index is 0.576. The van der Waals surface area contributed by atoms with Crippen LogP contribution in [0.15, 0.2) is 72.1 Å². The van der Waals surface area contributed by atoms with Crippen LogP contribution >= 0.6 is 11.3 Å². The maximum atomic E-state index is 6.04. The number of aromatic nitrogens is 1. The van der Waals surface area contributed by atoms with E-state index in [1.54, 1.807) is 0 Å². The molecule has 140 valence electrons. The highest BCUT2D eigenvalue weighted by Gasteiger charge is 2.12. The van der Waals surface area contributed by atoms with Crippen molar-refractivity contribution in [3.63, 3.8) is 0 Å². The highest BCUT2D eigenvalue weighted by atomic mass is 32.1. The minimum absolute atomic E-state index is 0.576. The van der Waals surface area contributed by atoms with E-state index in [-0.39, 0.29) is 0 Å². The Kier molecular flexibility index (Phi) is 5.00. The van der Waals surface area contributed by atoms with Crippen LogP contribution in [0.4, 0.5) is 5.13 Å². The molecular formula is C23H20N2O2S. The van der Waals surface area contributed by atoms with Crippen LogP contribution in [0.2, 0.25) is 0 Å². The average molecular weight is 388 g/mol. The number of nitrogens with zero attached hydrogens (tertiary/aromatic N) is 1. The fraction of sp³-hybridized carbons (Fsp3) is 0.0870. The number of nitrogen functional groups attached to an aromatic ring is 1. The second-order valence-corrected chi connectivity index (χ2v) is 7.38. The van der Waals surface area contributed by atoms with E-state index in [4.69, 9.17) is 15.2 Å². The number of benzene rings is 3. The van der Waals surface area contributed by atoms with E-state index in [2.05, 4.69) is 18.8 Å². The van der Waals surface area contributed by atoms with Gasteiger partial charge in [-0.05, 0) is 73.5 Å². The third-order valence-corrected chi connectivity index (χ3v) is 5.00. The van der Waals surface area contributed by atoms with Gasteiger partial charge in [0.15, 0.2) is 5.13 Å². The van der Waals surface area contributed by atoms with E-state index < -0.39 is 0 Å². The fourth-order valence-corrected chi connectivity index (χ4v) is 3.68. The molecule has 0 aliphatic heterocycles. The van der Waals surface area contributed by atoms with Gasteiger partial charge in [0.1, 0.15) is 23.0 Å². The molecule has 5 heteroatoms. The Labute approximate surface area is 168 Å². The van der Waals surface area contributed by atoms with Crippen molar-refractivity contribution in [1.29, 1.82) is 0 Å². The van der Waals surface area contributed by atoms with E-state index in [1.807, 2.05) is 72.1 Å². The van der Waals surface area contributed by atoms with Gasteiger partial charge in [0.2, 0.25) is 0 Å². The molecule has 0 saturated heterocycles. The summed E-state index contributed by atoms with van der Waals surface area (Å²) < 4.78 is 11.9. The van der Waals surface area contributed by atoms with Crippen molar-refractivity contribution >= 4 is 16.5 Å². The number of aryl methyl sites for hydroxylation is 2. The summed E-state index contributed by atoms with van der Waals surface area (Å²) in [5.41, 5.74) is 10.00. The van der Waals surface area contributed by atoms with Gasteiger partial charge in [0.05, 0.1) is 5.69 Å². The first-order valence-corrected chi connectivity index (χ1v) is 9.80. The van der Waals surface area contributed by atoms with Crippen molar-refractivity contribution < 1.29 is 9.47 Å². The van der Waals surface area contributed by atoms with E-state index in [0.717, 1.165) is 45.4 Å². The third kappa shape index (κ3) is 4.00. The standard InChI is InChI=1S/C23H20N2O2S/c1-15-12-20(13-16(2)22(15)21-14-28-23(24)25-21)27-19-10-8-18(9-11-19)26-17-6-4-3-5-7-17/h3-14H,1-2H3,(H2,24,25). The van der Waals surface area contributed by atoms with Crippen LogP contribution in [0.1, 0.15) is 11.1 Å². The highest BCUT2D eigenvalue weighted by Crippen LogP contribution is 2.34. The SMILES string of the molecule is Cc1cc(Oc2ccc(Oc3ccccc3)cc2)cc(C)c1-c1csc(N)n1. The zero-order valence-electron chi connectivity index (χ0n) is 15.7. The highest BCUT2D eigenvalue weighted by molar-refractivity contribution is 7.13. The summed E-state index contributed by atoms with van der Waals surface area (Å²) in [5, 5.41) is 2.56. The number of nitrogens with two attached hydrogens (primary N) is 1. The van der Waals surface area contributed by atoms with Crippen molar-refractivity contribution in [2.24, 2.45) is 0 Å². The van der Waals surface area contributed by atoms with Crippen LogP contribution in [0, 0.1) is 13.8 Å². The topological polar surface area (TPSA) is 57.4 Å². The zero-order chi connectivity index (χ0) is 19.5. The molecule has 0 unspecified atom stereocenters. The Morgan fingerprint density at radius 1 is 0.750 bits per heavy atom. The first kappa shape index (κ1) is 18.1. The van der Waals surface area contributed by atoms with Crippen molar-refractivity contribution in [3.05, 3.63) is 83.2 Å². The summed E-state index contributed by atoms with van der Waals surface area (Å²) in [6.07, 6.45) is 0. The Hall–Kier alpha value is -3.31. The van der Waals surface area contributed by atoms with Crippen LogP contribution in [-0.2, 0) is 0 Å². The number of hydrogen-bond acceptors (Lipinski definition) is 5. The summed E-state index contributed by atoms with van der Waals surface area (Å²) in [4.78, 5) is 4.40. The van der Waals surface area contributed by atoms with Gasteiger partial charge < -0.3 is 15.2 Å². The van der Waals surface area contributed by atoms with Gasteiger partial charge in [-0.25, -0.2) is 4.98 Å². The largest absolute Gasteiger partial charge is 0.457 e. The lowest BCUT2D eigenvalue weighted by Crippen LogP contribution is -1.93. The maximum Gasteiger partial charge on any atom is 0.180 e. The van der Waals surface area contributed by atoms with Crippen LogP contribution in [0.3, 0.4) is 0 Å². The van der Waals surface area contributed by atoms with Crippen LogP contribution < -0.4 is 15.2 Å². The van der Waals surface area contributed by atoms with Crippen LogP contribution in [0.5, 0.6) is 23.0 Å². The molecule has 0 amide bonds. The van der Waals surface area contributed by atoms with Crippen molar-refractivity contribution in [3.8, 4) is 34.3 Å². The second kappa shape index (κ2) is 7.74.